The van der Waals surface area contributed by atoms with Gasteiger partial charge in [-0.15, -0.1) is 11.3 Å². The van der Waals surface area contributed by atoms with Crippen molar-refractivity contribution in [3.63, 3.8) is 0 Å². The highest BCUT2D eigenvalue weighted by molar-refractivity contribution is 7.13. The Morgan fingerprint density at radius 1 is 1.41 bits per heavy atom. The van der Waals surface area contributed by atoms with Gasteiger partial charge < -0.3 is 10.0 Å². The summed E-state index contributed by atoms with van der Waals surface area (Å²) in [7, 11) is 0. The van der Waals surface area contributed by atoms with E-state index in [2.05, 4.69) is 0 Å². The van der Waals surface area contributed by atoms with Crippen LogP contribution in [0, 0.1) is 6.92 Å². The van der Waals surface area contributed by atoms with Gasteiger partial charge in [0.15, 0.2) is 0 Å². The van der Waals surface area contributed by atoms with Gasteiger partial charge in [-0.05, 0) is 38.3 Å². The van der Waals surface area contributed by atoms with Gasteiger partial charge in [-0.1, -0.05) is 0 Å². The second kappa shape index (κ2) is 4.87. The Morgan fingerprint density at radius 3 is 2.76 bits per heavy atom. The van der Waals surface area contributed by atoms with Gasteiger partial charge >= 0.3 is 5.97 Å². The number of carboxylic acid groups (broad SMARTS) is 1. The topological polar surface area (TPSA) is 57.6 Å². The zero-order chi connectivity index (χ0) is 12.4. The largest absolute Gasteiger partial charge is 0.480 e. The van der Waals surface area contributed by atoms with Crippen molar-refractivity contribution in [1.29, 1.82) is 0 Å². The van der Waals surface area contributed by atoms with Crippen molar-refractivity contribution in [2.75, 3.05) is 6.54 Å². The molecule has 92 valence electrons. The molecule has 0 unspecified atom stereocenters. The Balaban J connectivity index is 2.19. The number of hydrogen-bond acceptors (Lipinski definition) is 3. The molecule has 2 rings (SSSR count). The third-order valence-electron chi connectivity index (χ3n) is 3.00. The van der Waals surface area contributed by atoms with Crippen molar-refractivity contribution < 1.29 is 14.7 Å². The fourth-order valence-electron chi connectivity index (χ4n) is 2.12. The van der Waals surface area contributed by atoms with E-state index in [1.807, 2.05) is 13.0 Å². The van der Waals surface area contributed by atoms with Gasteiger partial charge in [-0.25, -0.2) is 4.79 Å². The summed E-state index contributed by atoms with van der Waals surface area (Å²) in [6.07, 6.45) is 2.33. The van der Waals surface area contributed by atoms with Crippen LogP contribution in [0.25, 0.3) is 0 Å². The molecule has 0 radical (unpaired) electrons. The third-order valence-corrected chi connectivity index (χ3v) is 3.99. The molecule has 1 amide bonds. The van der Waals surface area contributed by atoms with Crippen LogP contribution < -0.4 is 0 Å². The summed E-state index contributed by atoms with van der Waals surface area (Å²) in [5.74, 6) is -1.04. The van der Waals surface area contributed by atoms with Gasteiger partial charge in [-0.3, -0.25) is 4.79 Å². The van der Waals surface area contributed by atoms with E-state index in [9.17, 15) is 9.59 Å². The first-order chi connectivity index (χ1) is 8.09. The Kier molecular flexibility index (Phi) is 3.47. The fraction of sp³-hybridized carbons (Fsp3) is 0.500. The maximum atomic E-state index is 12.2. The van der Waals surface area contributed by atoms with Crippen molar-refractivity contribution in [3.05, 3.63) is 21.9 Å². The Labute approximate surface area is 104 Å². The molecule has 1 aromatic rings. The summed E-state index contributed by atoms with van der Waals surface area (Å²) in [6, 6.07) is 3.01. The van der Waals surface area contributed by atoms with Gasteiger partial charge in [0.25, 0.3) is 5.91 Å². The summed E-state index contributed by atoms with van der Waals surface area (Å²) in [6.45, 7) is 2.49. The lowest BCUT2D eigenvalue weighted by molar-refractivity contribution is -0.143. The minimum Gasteiger partial charge on any atom is -0.480 e. The summed E-state index contributed by atoms with van der Waals surface area (Å²) in [4.78, 5) is 26.5. The van der Waals surface area contributed by atoms with Crippen LogP contribution in [0.3, 0.4) is 0 Å². The smallest absolute Gasteiger partial charge is 0.326 e. The first-order valence-corrected chi connectivity index (χ1v) is 6.51. The molecule has 5 heteroatoms. The van der Waals surface area contributed by atoms with E-state index in [0.717, 1.165) is 17.7 Å². The summed E-state index contributed by atoms with van der Waals surface area (Å²) in [5, 5.41) is 9.12. The Morgan fingerprint density at radius 2 is 2.18 bits per heavy atom. The lowest BCUT2D eigenvalue weighted by Gasteiger charge is -2.32. The molecule has 1 saturated heterocycles. The zero-order valence-electron chi connectivity index (χ0n) is 9.68. The number of rotatable bonds is 2. The average molecular weight is 253 g/mol. The normalized spacial score (nSPS) is 20.3. The van der Waals surface area contributed by atoms with Crippen LogP contribution in [-0.4, -0.2) is 34.5 Å². The van der Waals surface area contributed by atoms with Crippen LogP contribution in [0.4, 0.5) is 0 Å². The molecule has 0 spiro atoms. The number of aliphatic carboxylic acids is 1. The van der Waals surface area contributed by atoms with Crippen molar-refractivity contribution in [3.8, 4) is 0 Å². The lowest BCUT2D eigenvalue weighted by Crippen LogP contribution is -2.47. The first-order valence-electron chi connectivity index (χ1n) is 5.70. The van der Waals surface area contributed by atoms with Crippen molar-refractivity contribution in [2.24, 2.45) is 0 Å². The number of hydrogen-bond donors (Lipinski definition) is 1. The highest BCUT2D eigenvalue weighted by Crippen LogP contribution is 2.23. The van der Waals surface area contributed by atoms with Gasteiger partial charge in [0.05, 0.1) is 4.88 Å². The number of aryl methyl sites for hydroxylation is 1. The van der Waals surface area contributed by atoms with Crippen LogP contribution in [0.1, 0.15) is 33.8 Å². The van der Waals surface area contributed by atoms with E-state index in [0.29, 0.717) is 17.8 Å². The molecule has 1 N–H and O–H groups in total. The fourth-order valence-corrected chi connectivity index (χ4v) is 2.95. The minimum atomic E-state index is -0.897. The second-order valence-electron chi connectivity index (χ2n) is 4.26. The van der Waals surface area contributed by atoms with E-state index < -0.39 is 12.0 Å². The molecule has 1 aliphatic rings. The molecule has 0 aromatic carbocycles. The van der Waals surface area contributed by atoms with Crippen LogP contribution >= 0.6 is 11.3 Å². The van der Waals surface area contributed by atoms with Crippen molar-refractivity contribution in [1.82, 2.24) is 4.90 Å². The van der Waals surface area contributed by atoms with E-state index in [1.54, 1.807) is 6.07 Å². The van der Waals surface area contributed by atoms with E-state index in [-0.39, 0.29) is 5.91 Å². The average Bonchev–Trinajstić information content (AvgIpc) is 2.75. The molecule has 1 atom stereocenters. The molecule has 4 nitrogen and oxygen atoms in total. The number of carbonyl (C=O) groups excluding carboxylic acids is 1. The molecule has 1 aliphatic heterocycles. The van der Waals surface area contributed by atoms with Crippen molar-refractivity contribution >= 4 is 23.2 Å². The Hall–Kier alpha value is -1.36. The van der Waals surface area contributed by atoms with Gasteiger partial charge in [0.1, 0.15) is 6.04 Å². The zero-order valence-corrected chi connectivity index (χ0v) is 10.5. The predicted octanol–water partition coefficient (Wildman–Crippen LogP) is 2.14. The Bertz CT molecular complexity index is 441. The van der Waals surface area contributed by atoms with Gasteiger partial charge in [-0.2, -0.15) is 0 Å². The van der Waals surface area contributed by atoms with Crippen LogP contribution in [-0.2, 0) is 4.79 Å². The minimum absolute atomic E-state index is 0.143. The molecule has 2 heterocycles. The quantitative estimate of drug-likeness (QED) is 0.878. The van der Waals surface area contributed by atoms with E-state index in [1.165, 1.54) is 16.2 Å². The number of thiophene rings is 1. The molecule has 0 saturated carbocycles. The molecule has 0 bridgehead atoms. The van der Waals surface area contributed by atoms with Crippen LogP contribution in [0.2, 0.25) is 0 Å². The highest BCUT2D eigenvalue weighted by atomic mass is 32.1. The predicted molar refractivity (Wildman–Crippen MR) is 65.4 cm³/mol. The number of likely N-dealkylation sites (tertiary alicyclic amines) is 1. The molecule has 0 aliphatic carbocycles. The number of carbonyl (C=O) groups is 2. The lowest BCUT2D eigenvalue weighted by atomic mass is 10.0. The second-order valence-corrected chi connectivity index (χ2v) is 5.55. The SMILES string of the molecule is Cc1ccc(C(=O)N2CCCC[C@@H]2C(=O)O)s1. The maximum Gasteiger partial charge on any atom is 0.326 e. The highest BCUT2D eigenvalue weighted by Gasteiger charge is 2.32. The van der Waals surface area contributed by atoms with E-state index in [4.69, 9.17) is 5.11 Å². The summed E-state index contributed by atoms with van der Waals surface area (Å²) >= 11 is 1.42. The number of amides is 1. The number of carboxylic acids is 1. The molecular formula is C12H15NO3S. The molecule has 1 aromatic heterocycles. The van der Waals surface area contributed by atoms with Crippen molar-refractivity contribution in [2.45, 2.75) is 32.2 Å². The monoisotopic (exact) mass is 253 g/mol. The molecular weight excluding hydrogens is 238 g/mol. The number of piperidine rings is 1. The van der Waals surface area contributed by atoms with Gasteiger partial charge in [0.2, 0.25) is 0 Å². The first kappa shape index (κ1) is 12.1. The van der Waals surface area contributed by atoms with Crippen LogP contribution in [0.15, 0.2) is 12.1 Å². The molecule has 17 heavy (non-hydrogen) atoms. The van der Waals surface area contributed by atoms with Crippen LogP contribution in [0.5, 0.6) is 0 Å². The summed E-state index contributed by atoms with van der Waals surface area (Å²) < 4.78 is 0. The maximum absolute atomic E-state index is 12.2. The molecule has 1 fully saturated rings. The summed E-state index contributed by atoms with van der Waals surface area (Å²) in [5.41, 5.74) is 0. The van der Waals surface area contributed by atoms with Gasteiger partial charge in [0, 0.05) is 11.4 Å². The number of nitrogens with zero attached hydrogens (tertiary/aromatic N) is 1. The third kappa shape index (κ3) is 2.49. The standard InChI is InChI=1S/C12H15NO3S/c1-8-5-6-10(17-8)11(14)13-7-3-2-4-9(13)12(15)16/h5-6,9H,2-4,7H2,1H3,(H,15,16)/t9-/m1/s1. The van der Waals surface area contributed by atoms with E-state index >= 15 is 0 Å².